The second-order valence-electron chi connectivity index (χ2n) is 8.01. The molecule has 0 radical (unpaired) electrons. The molecule has 1 N–H and O–H groups in total. The summed E-state index contributed by atoms with van der Waals surface area (Å²) in [5.74, 6) is 0.555. The average molecular weight is 399 g/mol. The Morgan fingerprint density at radius 3 is 2.61 bits per heavy atom. The Morgan fingerprint density at radius 2 is 2.00 bits per heavy atom. The Labute approximate surface area is 168 Å². The fourth-order valence-electron chi connectivity index (χ4n) is 3.04. The Morgan fingerprint density at radius 1 is 1.29 bits per heavy atom. The predicted molar refractivity (Wildman–Crippen MR) is 114 cm³/mol. The van der Waals surface area contributed by atoms with Gasteiger partial charge in [-0.3, -0.25) is 14.3 Å². The molecule has 1 unspecified atom stereocenters. The van der Waals surface area contributed by atoms with Crippen LogP contribution in [0.2, 0.25) is 0 Å². The molecular formula is C21H26N4O2S. The van der Waals surface area contributed by atoms with Crippen LogP contribution in [0.4, 0.5) is 0 Å². The highest BCUT2D eigenvalue weighted by molar-refractivity contribution is 7.90. The summed E-state index contributed by atoms with van der Waals surface area (Å²) < 4.78 is 16.9. The molecule has 6 nitrogen and oxygen atoms in total. The molecule has 28 heavy (non-hydrogen) atoms. The zero-order chi connectivity index (χ0) is 20.6. The van der Waals surface area contributed by atoms with E-state index in [1.54, 1.807) is 24.0 Å². The number of nitrogens with one attached hydrogen (secondary N) is 1. The van der Waals surface area contributed by atoms with Crippen LogP contribution in [-0.4, -0.2) is 23.8 Å². The van der Waals surface area contributed by atoms with Crippen LogP contribution in [0, 0.1) is 6.92 Å². The highest BCUT2D eigenvalue weighted by atomic mass is 32.2. The van der Waals surface area contributed by atoms with E-state index in [2.05, 4.69) is 9.71 Å². The summed E-state index contributed by atoms with van der Waals surface area (Å²) in [7, 11) is 1.72. The number of pyridine rings is 1. The molecule has 0 saturated carbocycles. The Bertz CT molecular complexity index is 1060. The van der Waals surface area contributed by atoms with Crippen LogP contribution in [0.15, 0.2) is 41.5 Å². The summed E-state index contributed by atoms with van der Waals surface area (Å²) in [5, 5.41) is 0.556. The van der Waals surface area contributed by atoms with Gasteiger partial charge in [-0.15, -0.1) is 4.72 Å². The molecule has 7 heteroatoms. The summed E-state index contributed by atoms with van der Waals surface area (Å²) in [6, 6.07) is 7.32. The standard InChI is InChI=1S/C21H26N4O2S/c1-13-10-16(14(2)24-28(27)21(3,4)5)18-17(11-13)20(26)25(6)19(23-18)15-8-7-9-22-12-15/h7-12,14,24H,1-6H3/t14?,28-/m1/s1. The molecule has 3 rings (SSSR count). The van der Waals surface area contributed by atoms with Gasteiger partial charge in [-0.05, 0) is 58.4 Å². The van der Waals surface area contributed by atoms with Crippen LogP contribution in [0.25, 0.3) is 22.3 Å². The van der Waals surface area contributed by atoms with E-state index in [1.165, 1.54) is 0 Å². The molecule has 2 aromatic heterocycles. The molecule has 0 amide bonds. The van der Waals surface area contributed by atoms with E-state index < -0.39 is 16.1 Å². The topological polar surface area (TPSA) is 82.9 Å². The van der Waals surface area contributed by atoms with Crippen molar-refractivity contribution in [3.05, 3.63) is 58.1 Å². The Balaban J connectivity index is 2.21. The molecule has 3 aromatic rings. The van der Waals surface area contributed by atoms with E-state index in [9.17, 15) is 9.35 Å². The first-order valence-electron chi connectivity index (χ1n) is 9.19. The monoisotopic (exact) mass is 398 g/mol. The van der Waals surface area contributed by atoms with Crippen molar-refractivity contribution in [2.45, 2.75) is 45.4 Å². The summed E-state index contributed by atoms with van der Waals surface area (Å²) in [4.78, 5) is 22.0. The SMILES string of the molecule is Cc1cc(C(C)N[S@+]([O-])C(C)(C)C)c2nc(-c3cccnc3)n(C)c(=O)c2c1. The molecule has 1 aromatic carbocycles. The van der Waals surface area contributed by atoms with Gasteiger partial charge in [0.25, 0.3) is 5.56 Å². The molecule has 2 heterocycles. The minimum absolute atomic E-state index is 0.113. The second-order valence-corrected chi connectivity index (χ2v) is 10.0. The fourth-order valence-corrected chi connectivity index (χ4v) is 3.84. The molecule has 0 aliphatic carbocycles. The van der Waals surface area contributed by atoms with Gasteiger partial charge in [-0.2, -0.15) is 0 Å². The summed E-state index contributed by atoms with van der Waals surface area (Å²) in [6.45, 7) is 9.66. The first-order chi connectivity index (χ1) is 13.1. The van der Waals surface area contributed by atoms with Crippen molar-refractivity contribution in [1.29, 1.82) is 0 Å². The van der Waals surface area contributed by atoms with Crippen molar-refractivity contribution in [3.63, 3.8) is 0 Å². The van der Waals surface area contributed by atoms with Gasteiger partial charge in [0.05, 0.1) is 16.9 Å². The van der Waals surface area contributed by atoms with E-state index in [4.69, 9.17) is 4.98 Å². The highest BCUT2D eigenvalue weighted by Gasteiger charge is 2.29. The van der Waals surface area contributed by atoms with Crippen LogP contribution in [0.1, 0.15) is 44.9 Å². The third-order valence-electron chi connectivity index (χ3n) is 4.58. The van der Waals surface area contributed by atoms with Crippen LogP contribution < -0.4 is 10.3 Å². The average Bonchev–Trinajstić information content (AvgIpc) is 2.64. The van der Waals surface area contributed by atoms with Crippen molar-refractivity contribution >= 4 is 22.3 Å². The number of nitrogens with zero attached hydrogens (tertiary/aromatic N) is 3. The quantitative estimate of drug-likeness (QED) is 0.681. The van der Waals surface area contributed by atoms with Gasteiger partial charge in [0.1, 0.15) is 10.6 Å². The number of benzene rings is 1. The van der Waals surface area contributed by atoms with E-state index >= 15 is 0 Å². The minimum atomic E-state index is -1.24. The first-order valence-corrected chi connectivity index (χ1v) is 10.3. The molecule has 0 bridgehead atoms. The summed E-state index contributed by atoms with van der Waals surface area (Å²) in [5.41, 5.74) is 3.10. The molecule has 0 aliphatic heterocycles. The predicted octanol–water partition coefficient (Wildman–Crippen LogP) is 3.42. The van der Waals surface area contributed by atoms with Gasteiger partial charge in [-0.1, -0.05) is 6.07 Å². The van der Waals surface area contributed by atoms with Crippen molar-refractivity contribution in [2.75, 3.05) is 0 Å². The maximum absolute atomic E-state index is 13.1. The van der Waals surface area contributed by atoms with Gasteiger partial charge in [0, 0.05) is 41.9 Å². The zero-order valence-electron chi connectivity index (χ0n) is 17.1. The number of aryl methyl sites for hydroxylation is 1. The van der Waals surface area contributed by atoms with Crippen molar-refractivity contribution in [2.24, 2.45) is 7.05 Å². The lowest BCUT2D eigenvalue weighted by Gasteiger charge is -2.27. The van der Waals surface area contributed by atoms with Crippen LogP contribution in [0.5, 0.6) is 0 Å². The first kappa shape index (κ1) is 20.5. The lowest BCUT2D eigenvalue weighted by molar-refractivity contribution is 0.531. The second kappa shape index (κ2) is 7.66. The normalized spacial score (nSPS) is 14.2. The molecule has 0 fully saturated rings. The minimum Gasteiger partial charge on any atom is -0.598 e. The molecular weight excluding hydrogens is 372 g/mol. The van der Waals surface area contributed by atoms with Crippen LogP contribution in [-0.2, 0) is 18.4 Å². The fraction of sp³-hybridized carbons (Fsp3) is 0.381. The van der Waals surface area contributed by atoms with Crippen LogP contribution >= 0.6 is 0 Å². The smallest absolute Gasteiger partial charge is 0.261 e. The maximum Gasteiger partial charge on any atom is 0.261 e. The highest BCUT2D eigenvalue weighted by Crippen LogP contribution is 2.27. The number of fused-ring (bicyclic) bond motifs is 1. The van der Waals surface area contributed by atoms with Gasteiger partial charge in [0.15, 0.2) is 0 Å². The van der Waals surface area contributed by atoms with Gasteiger partial charge >= 0.3 is 0 Å². The van der Waals surface area contributed by atoms with Gasteiger partial charge in [0.2, 0.25) is 0 Å². The van der Waals surface area contributed by atoms with Gasteiger partial charge in [-0.25, -0.2) is 4.98 Å². The van der Waals surface area contributed by atoms with E-state index in [0.717, 1.165) is 16.7 Å². The third-order valence-corrected chi connectivity index (χ3v) is 6.26. The van der Waals surface area contributed by atoms with Crippen molar-refractivity contribution in [3.8, 4) is 11.4 Å². The molecule has 0 spiro atoms. The number of aromatic nitrogens is 3. The van der Waals surface area contributed by atoms with E-state index in [-0.39, 0.29) is 11.6 Å². The molecule has 2 atom stereocenters. The number of hydrogen-bond acceptors (Lipinski definition) is 5. The third kappa shape index (κ3) is 3.97. The summed E-state index contributed by atoms with van der Waals surface area (Å²) in [6.07, 6.45) is 3.38. The van der Waals surface area contributed by atoms with Crippen LogP contribution in [0.3, 0.4) is 0 Å². The lowest BCUT2D eigenvalue weighted by atomic mass is 10.0. The van der Waals surface area contributed by atoms with E-state index in [0.29, 0.717) is 16.7 Å². The maximum atomic E-state index is 13.1. The van der Waals surface area contributed by atoms with Crippen molar-refractivity contribution < 1.29 is 4.55 Å². The zero-order valence-corrected chi connectivity index (χ0v) is 17.9. The van der Waals surface area contributed by atoms with Crippen molar-refractivity contribution in [1.82, 2.24) is 19.3 Å². The molecule has 0 saturated heterocycles. The largest absolute Gasteiger partial charge is 0.598 e. The Hall–Kier alpha value is -2.22. The molecule has 148 valence electrons. The van der Waals surface area contributed by atoms with E-state index in [1.807, 2.05) is 58.9 Å². The number of hydrogen-bond donors (Lipinski definition) is 1. The number of rotatable bonds is 4. The molecule has 0 aliphatic rings. The Kier molecular flexibility index (Phi) is 5.61. The van der Waals surface area contributed by atoms with Gasteiger partial charge < -0.3 is 4.55 Å². The lowest BCUT2D eigenvalue weighted by Crippen LogP contribution is -2.40. The summed E-state index contributed by atoms with van der Waals surface area (Å²) >= 11 is -1.24.